The van der Waals surface area contributed by atoms with E-state index in [1.807, 2.05) is 6.92 Å². The Balaban J connectivity index is 0.000000178. The molecule has 12 heterocycles. The van der Waals surface area contributed by atoms with Gasteiger partial charge in [0.25, 0.3) is 0 Å². The molecule has 0 unspecified atom stereocenters. The standard InChI is InChI=1S/C23H24F3N5O3S.C20H26F3N5O3S.C19H24F3N5O3S.C18H22F3N5O3S/c1-22(2,35(32,33)15-6-4-3-5-7-15)19-13-18(29-21(30-19)31-8-10-34-11-9-31)16-14-28-20(27)12-17(16)23(24,25)26;1-12(2)32(29,30)19(3,4)16-10-15(26-18(27-16)28-5-7-31-8-6-28)13-11-25-17(24)9-14(13)20(21,22)23;1-11-10-30-6-5-27(11)17-25-14(8-15(26-17)18(2,3)31(4,28)29)12-9-24-16(23)7-13(12)19(20,21)22;1-17(2,30(3,27)28)14-9-13(24-16(25-14)26-4-6-29-7-5-26)11-10-23-15(22)8-12(11)18(19,20)21/h3-7,12-14H,8-11H2,1-2H3,(H2,27,28);9-12H,5-8H2,1-4H3,(H2,24,25);7-9,11H,5-6,10H2,1-4H3,(H2,23,24);8-10H,4-7H2,1-3H3,(H2,22,23)/t;;11-;/m..0./s1. The summed E-state index contributed by atoms with van der Waals surface area (Å²) in [5, 5.41) is -0.716. The van der Waals surface area contributed by atoms with Crippen LogP contribution in [0, 0.1) is 0 Å². The van der Waals surface area contributed by atoms with Gasteiger partial charge in [0.05, 0.1) is 137 Å². The van der Waals surface area contributed by atoms with E-state index >= 15 is 0 Å². The van der Waals surface area contributed by atoms with Crippen molar-refractivity contribution in [2.24, 2.45) is 0 Å². The van der Waals surface area contributed by atoms with Crippen LogP contribution in [0.2, 0.25) is 0 Å². The third kappa shape index (κ3) is 22.2. The predicted octanol–water partition coefficient (Wildman–Crippen LogP) is 11.6. The molecule has 0 aliphatic carbocycles. The maximum atomic E-state index is 13.9. The number of nitrogens with two attached hydrogens (primary N) is 4. The van der Waals surface area contributed by atoms with E-state index in [9.17, 15) is 86.4 Å². The Labute approximate surface area is 731 Å². The highest BCUT2D eigenvalue weighted by Crippen LogP contribution is 2.46. The first-order chi connectivity index (χ1) is 59.2. The molecule has 4 aliphatic rings. The van der Waals surface area contributed by atoms with Gasteiger partial charge in [0.15, 0.2) is 39.3 Å². The van der Waals surface area contributed by atoms with Crippen LogP contribution in [-0.2, 0) is 102 Å². The average Bonchev–Trinajstić information content (AvgIpc) is 0.763. The lowest BCUT2D eigenvalue weighted by Gasteiger charge is -2.34. The number of morpholine rings is 4. The molecule has 0 amide bonds. The second-order valence-corrected chi connectivity index (χ2v) is 43.0. The number of aromatic nitrogens is 12. The monoisotopic (exact) mass is 1880 g/mol. The Kier molecular flexibility index (Phi) is 29.4. The van der Waals surface area contributed by atoms with Gasteiger partial charge in [0, 0.05) is 105 Å². The van der Waals surface area contributed by atoms with Crippen LogP contribution in [0.15, 0.2) is 109 Å². The first-order valence-corrected chi connectivity index (χ1v) is 46.1. The van der Waals surface area contributed by atoms with Crippen molar-refractivity contribution in [3.8, 4) is 45.0 Å². The summed E-state index contributed by atoms with van der Waals surface area (Å²) in [7, 11) is -15.0. The van der Waals surface area contributed by atoms with Gasteiger partial charge in [-0.25, -0.2) is 93.5 Å². The van der Waals surface area contributed by atoms with Crippen LogP contribution in [-0.4, -0.2) is 216 Å². The first-order valence-electron chi connectivity index (χ1n) is 39.3. The van der Waals surface area contributed by atoms with Gasteiger partial charge in [-0.15, -0.1) is 0 Å². The lowest BCUT2D eigenvalue weighted by molar-refractivity contribution is -0.137. The average molecular weight is 1890 g/mol. The molecule has 13 rings (SSSR count). The highest BCUT2D eigenvalue weighted by atomic mass is 32.2. The molecule has 4 saturated heterocycles. The lowest BCUT2D eigenvalue weighted by Crippen LogP contribution is -2.45. The first kappa shape index (κ1) is 99.5. The zero-order chi connectivity index (χ0) is 94.8. The fraction of sp³-hybridized carbons (Fsp3) is 0.475. The van der Waals surface area contributed by atoms with Crippen LogP contribution >= 0.6 is 0 Å². The molecule has 4 fully saturated rings. The number of benzene rings is 1. The number of hydrogen-bond acceptors (Lipinski definition) is 32. The van der Waals surface area contributed by atoms with Crippen LogP contribution in [0.25, 0.3) is 45.0 Å². The molecule has 8 aromatic heterocycles. The maximum Gasteiger partial charge on any atom is 0.417 e. The molecular formula is C80H96F12N20O12S4. The van der Waals surface area contributed by atoms with Gasteiger partial charge in [0.1, 0.15) is 42.3 Å². The van der Waals surface area contributed by atoms with E-state index < -0.39 is 111 Å². The number of pyridine rings is 4. The molecule has 696 valence electrons. The minimum absolute atomic E-state index is 0.0535. The third-order valence-corrected chi connectivity index (χ3v) is 31.2. The summed E-state index contributed by atoms with van der Waals surface area (Å²) in [6.45, 7) is 22.7. The molecule has 48 heteroatoms. The second-order valence-electron chi connectivity index (χ2n) is 32.3. The van der Waals surface area contributed by atoms with E-state index in [0.29, 0.717) is 98.7 Å². The summed E-state index contributed by atoms with van der Waals surface area (Å²) in [4.78, 5) is 57.5. The van der Waals surface area contributed by atoms with Gasteiger partial charge < -0.3 is 61.5 Å². The quantitative estimate of drug-likeness (QED) is 0.0580. The number of anilines is 8. The van der Waals surface area contributed by atoms with Crippen LogP contribution in [0.5, 0.6) is 0 Å². The number of halogens is 12. The summed E-state index contributed by atoms with van der Waals surface area (Å²) in [5.74, 6) is -0.645. The molecule has 1 aromatic carbocycles. The Bertz CT molecular complexity index is 6010. The summed E-state index contributed by atoms with van der Waals surface area (Å²) in [6, 6.07) is 15.7. The molecule has 4 aliphatic heterocycles. The van der Waals surface area contributed by atoms with Crippen LogP contribution < -0.4 is 42.5 Å². The molecule has 9 aromatic rings. The van der Waals surface area contributed by atoms with E-state index in [0.717, 1.165) is 61.6 Å². The smallest absolute Gasteiger partial charge is 0.384 e. The van der Waals surface area contributed by atoms with Gasteiger partial charge >= 0.3 is 24.7 Å². The van der Waals surface area contributed by atoms with Crippen LogP contribution in [0.1, 0.15) is 121 Å². The van der Waals surface area contributed by atoms with Gasteiger partial charge in [-0.3, -0.25) is 0 Å². The Hall–Kier alpha value is -10.7. The third-order valence-electron chi connectivity index (χ3n) is 21.8. The van der Waals surface area contributed by atoms with Crippen LogP contribution in [0.4, 0.5) is 99.7 Å². The van der Waals surface area contributed by atoms with Crippen molar-refractivity contribution in [2.75, 3.05) is 154 Å². The predicted molar refractivity (Wildman–Crippen MR) is 455 cm³/mol. The summed E-state index contributed by atoms with van der Waals surface area (Å²) >= 11 is 0. The van der Waals surface area contributed by atoms with Crippen molar-refractivity contribution >= 4 is 86.4 Å². The van der Waals surface area contributed by atoms with E-state index in [1.165, 1.54) is 91.8 Å². The number of hydrogen-bond donors (Lipinski definition) is 4. The maximum absolute atomic E-state index is 13.9. The molecule has 32 nitrogen and oxygen atoms in total. The van der Waals surface area contributed by atoms with E-state index in [2.05, 4.69) is 59.8 Å². The molecule has 0 bridgehead atoms. The van der Waals surface area contributed by atoms with Crippen molar-refractivity contribution in [2.45, 2.75) is 136 Å². The summed E-state index contributed by atoms with van der Waals surface area (Å²) in [5.41, 5.74) is 16.6. The largest absolute Gasteiger partial charge is 0.417 e. The fourth-order valence-corrected chi connectivity index (χ4v) is 17.2. The normalized spacial score (nSPS) is 16.3. The Morgan fingerprint density at radius 2 is 0.633 bits per heavy atom. The number of nitrogens with zero attached hydrogens (tertiary/aromatic N) is 16. The van der Waals surface area contributed by atoms with Gasteiger partial charge in [-0.1, -0.05) is 18.2 Å². The molecule has 128 heavy (non-hydrogen) atoms. The number of ether oxygens (including phenoxy) is 4. The van der Waals surface area contributed by atoms with Crippen molar-refractivity contribution in [3.05, 3.63) is 149 Å². The van der Waals surface area contributed by atoms with Crippen molar-refractivity contribution in [1.29, 1.82) is 0 Å². The minimum Gasteiger partial charge on any atom is -0.384 e. The number of nitrogen functional groups attached to an aromatic ring is 4. The lowest BCUT2D eigenvalue weighted by atomic mass is 10.0. The van der Waals surface area contributed by atoms with Crippen molar-refractivity contribution in [3.63, 3.8) is 0 Å². The Morgan fingerprint density at radius 1 is 0.367 bits per heavy atom. The van der Waals surface area contributed by atoms with E-state index in [1.54, 1.807) is 51.6 Å². The number of alkyl halides is 12. The van der Waals surface area contributed by atoms with Crippen molar-refractivity contribution < 1.29 is 105 Å². The summed E-state index contributed by atoms with van der Waals surface area (Å²) < 4.78 is 283. The van der Waals surface area contributed by atoms with Crippen LogP contribution in [0.3, 0.4) is 0 Å². The number of sulfone groups is 4. The van der Waals surface area contributed by atoms with Gasteiger partial charge in [-0.05, 0) is 137 Å². The summed E-state index contributed by atoms with van der Waals surface area (Å²) in [6.07, 6.45) is -12.8. The second kappa shape index (κ2) is 37.8. The van der Waals surface area contributed by atoms with Gasteiger partial charge in [-0.2, -0.15) is 52.7 Å². The van der Waals surface area contributed by atoms with E-state index in [4.69, 9.17) is 41.9 Å². The topological polar surface area (TPSA) is 445 Å². The molecule has 0 radical (unpaired) electrons. The molecule has 0 saturated carbocycles. The molecular weight excluding hydrogens is 1790 g/mol. The zero-order valence-corrected chi connectivity index (χ0v) is 74.9. The Morgan fingerprint density at radius 3 is 0.906 bits per heavy atom. The minimum atomic E-state index is -4.73. The highest BCUT2D eigenvalue weighted by molar-refractivity contribution is 7.93. The van der Waals surface area contributed by atoms with Crippen molar-refractivity contribution in [1.82, 2.24) is 59.8 Å². The van der Waals surface area contributed by atoms with Gasteiger partial charge in [0.2, 0.25) is 23.8 Å². The number of rotatable bonds is 18. The molecule has 0 spiro atoms. The fourth-order valence-electron chi connectivity index (χ4n) is 13.2. The molecule has 1 atom stereocenters. The highest BCUT2D eigenvalue weighted by Gasteiger charge is 2.46. The zero-order valence-electron chi connectivity index (χ0n) is 71.6. The SMILES string of the molecule is CC(C)(c1cc(-c2cnc(N)cc2C(F)(F)F)nc(N2CCOCC2)n1)S(=O)(=O)c1ccccc1.CC(C)(c1cc(-c2cnc(N)cc2C(F)(F)F)nc(N2CCOCC2)n1)S(C)(=O)=O.CC(C)S(=O)(=O)C(C)(C)c1cc(-c2cnc(N)cc2C(F)(F)F)nc(N2CCOCC2)n1.C[C@H]1COCCN1c1nc(-c2cnc(N)cc2C(F)(F)F)cc(C(C)(C)S(C)(=O)=O)n1. The molecule has 8 N–H and O–H groups in total. The van der Waals surface area contributed by atoms with E-state index in [-0.39, 0.29) is 126 Å².